The maximum absolute atomic E-state index is 12.9. The molecular weight excluding hydrogens is 271 g/mol. The van der Waals surface area contributed by atoms with Gasteiger partial charge < -0.3 is 10.1 Å². The Labute approximate surface area is 114 Å². The maximum atomic E-state index is 12.9. The average molecular weight is 281 g/mol. The number of anilines is 1. The number of nitrogens with zero attached hydrogens (tertiary/aromatic N) is 1. The number of carbonyl (C=O) groups excluding carboxylic acids is 1. The Morgan fingerprint density at radius 2 is 2.21 bits per heavy atom. The molecule has 0 aliphatic carbocycles. The molecule has 1 aromatic carbocycles. The standard InChI is InChI=1S/C13H10ClFN2O2/c14-13-11(5-2-6-16-13)19-8-12(18)17-10-4-1-3-9(15)7-10/h1-7H,8H2,(H,17,18). The summed E-state index contributed by atoms with van der Waals surface area (Å²) >= 11 is 5.77. The van der Waals surface area contributed by atoms with E-state index in [1.165, 1.54) is 24.4 Å². The highest BCUT2D eigenvalue weighted by molar-refractivity contribution is 6.30. The van der Waals surface area contributed by atoms with Gasteiger partial charge >= 0.3 is 0 Å². The summed E-state index contributed by atoms with van der Waals surface area (Å²) < 4.78 is 18.1. The molecule has 0 spiro atoms. The largest absolute Gasteiger partial charge is 0.481 e. The Bertz CT molecular complexity index is 592. The minimum absolute atomic E-state index is 0.182. The number of pyridine rings is 1. The van der Waals surface area contributed by atoms with E-state index in [0.29, 0.717) is 11.4 Å². The highest BCUT2D eigenvalue weighted by Crippen LogP contribution is 2.20. The van der Waals surface area contributed by atoms with Crippen LogP contribution in [0, 0.1) is 5.82 Å². The van der Waals surface area contributed by atoms with Crippen LogP contribution in [0.1, 0.15) is 0 Å². The number of hydrogen-bond donors (Lipinski definition) is 1. The first-order valence-corrected chi connectivity index (χ1v) is 5.81. The number of ether oxygens (including phenoxy) is 1. The average Bonchev–Trinajstić information content (AvgIpc) is 2.38. The van der Waals surface area contributed by atoms with Gasteiger partial charge in [-0.25, -0.2) is 9.37 Å². The number of benzene rings is 1. The van der Waals surface area contributed by atoms with Crippen molar-refractivity contribution < 1.29 is 13.9 Å². The van der Waals surface area contributed by atoms with Crippen molar-refractivity contribution in [3.05, 3.63) is 53.6 Å². The van der Waals surface area contributed by atoms with Crippen LogP contribution in [-0.2, 0) is 4.79 Å². The quantitative estimate of drug-likeness (QED) is 0.876. The van der Waals surface area contributed by atoms with Gasteiger partial charge in [0.15, 0.2) is 17.5 Å². The molecule has 0 aliphatic heterocycles. The highest BCUT2D eigenvalue weighted by Gasteiger charge is 2.06. The molecule has 1 heterocycles. The number of amides is 1. The summed E-state index contributed by atoms with van der Waals surface area (Å²) in [6.07, 6.45) is 1.52. The minimum atomic E-state index is -0.422. The van der Waals surface area contributed by atoms with Crippen LogP contribution < -0.4 is 10.1 Å². The third-order valence-corrected chi connectivity index (χ3v) is 2.48. The summed E-state index contributed by atoms with van der Waals surface area (Å²) in [6.45, 7) is -0.234. The molecular formula is C13H10ClFN2O2. The molecule has 19 heavy (non-hydrogen) atoms. The smallest absolute Gasteiger partial charge is 0.262 e. The number of carbonyl (C=O) groups is 1. The van der Waals surface area contributed by atoms with Gasteiger partial charge in [0.2, 0.25) is 0 Å². The normalized spacial score (nSPS) is 10.0. The Morgan fingerprint density at radius 1 is 1.37 bits per heavy atom. The van der Waals surface area contributed by atoms with Crippen molar-refractivity contribution in [2.75, 3.05) is 11.9 Å². The van der Waals surface area contributed by atoms with Crippen LogP contribution in [-0.4, -0.2) is 17.5 Å². The third-order valence-electron chi connectivity index (χ3n) is 2.19. The molecule has 0 unspecified atom stereocenters. The van der Waals surface area contributed by atoms with Gasteiger partial charge in [0.1, 0.15) is 5.82 Å². The van der Waals surface area contributed by atoms with Crippen LogP contribution in [0.4, 0.5) is 10.1 Å². The lowest BCUT2D eigenvalue weighted by atomic mass is 10.3. The molecule has 1 N–H and O–H groups in total. The second-order valence-electron chi connectivity index (χ2n) is 3.64. The van der Waals surface area contributed by atoms with Crippen molar-refractivity contribution in [2.24, 2.45) is 0 Å². The molecule has 0 radical (unpaired) electrons. The zero-order valence-electron chi connectivity index (χ0n) is 9.77. The van der Waals surface area contributed by atoms with Crippen molar-refractivity contribution in [3.8, 4) is 5.75 Å². The lowest BCUT2D eigenvalue weighted by Gasteiger charge is -2.08. The first-order chi connectivity index (χ1) is 9.15. The number of hydrogen-bond acceptors (Lipinski definition) is 3. The lowest BCUT2D eigenvalue weighted by Crippen LogP contribution is -2.20. The van der Waals surface area contributed by atoms with Crippen LogP contribution in [0.15, 0.2) is 42.6 Å². The summed E-state index contributed by atoms with van der Waals surface area (Å²) in [4.78, 5) is 15.4. The Balaban J connectivity index is 1.90. The minimum Gasteiger partial charge on any atom is -0.481 e. The van der Waals surface area contributed by atoms with Crippen molar-refractivity contribution in [1.29, 1.82) is 0 Å². The molecule has 0 saturated carbocycles. The summed E-state index contributed by atoms with van der Waals surface area (Å²) in [5, 5.41) is 2.69. The van der Waals surface area contributed by atoms with Gasteiger partial charge in [0.05, 0.1) is 0 Å². The molecule has 1 aromatic heterocycles. The second-order valence-corrected chi connectivity index (χ2v) is 4.00. The molecule has 0 bridgehead atoms. The number of rotatable bonds is 4. The van der Waals surface area contributed by atoms with Gasteiger partial charge in [-0.15, -0.1) is 0 Å². The molecule has 0 fully saturated rings. The number of halogens is 2. The molecule has 2 aromatic rings. The molecule has 0 atom stereocenters. The van der Waals surface area contributed by atoms with E-state index in [1.807, 2.05) is 0 Å². The second kappa shape index (κ2) is 6.15. The lowest BCUT2D eigenvalue weighted by molar-refractivity contribution is -0.118. The van der Waals surface area contributed by atoms with Crippen molar-refractivity contribution in [3.63, 3.8) is 0 Å². The van der Waals surface area contributed by atoms with E-state index in [0.717, 1.165) is 0 Å². The molecule has 4 nitrogen and oxygen atoms in total. The fourth-order valence-corrected chi connectivity index (χ4v) is 1.56. The van der Waals surface area contributed by atoms with Gasteiger partial charge in [0, 0.05) is 11.9 Å². The molecule has 1 amide bonds. The summed E-state index contributed by atoms with van der Waals surface area (Å²) in [6, 6.07) is 8.84. The first-order valence-electron chi connectivity index (χ1n) is 5.44. The van der Waals surface area contributed by atoms with Crippen molar-refractivity contribution >= 4 is 23.2 Å². The fourth-order valence-electron chi connectivity index (χ4n) is 1.39. The maximum Gasteiger partial charge on any atom is 0.262 e. The fraction of sp³-hybridized carbons (Fsp3) is 0.0769. The van der Waals surface area contributed by atoms with E-state index in [2.05, 4.69) is 10.3 Å². The Kier molecular flexibility index (Phi) is 4.30. The van der Waals surface area contributed by atoms with E-state index in [-0.39, 0.29) is 11.8 Å². The predicted octanol–water partition coefficient (Wildman–Crippen LogP) is 2.89. The van der Waals surface area contributed by atoms with Crippen molar-refractivity contribution in [2.45, 2.75) is 0 Å². The molecule has 6 heteroatoms. The van der Waals surface area contributed by atoms with Gasteiger partial charge in [-0.1, -0.05) is 17.7 Å². The van der Waals surface area contributed by atoms with Gasteiger partial charge in [-0.2, -0.15) is 0 Å². The summed E-state index contributed by atoms with van der Waals surface area (Å²) in [5.41, 5.74) is 0.367. The Hall–Kier alpha value is -2.14. The molecule has 0 saturated heterocycles. The Morgan fingerprint density at radius 3 is 2.95 bits per heavy atom. The van der Waals surface area contributed by atoms with E-state index < -0.39 is 11.7 Å². The van der Waals surface area contributed by atoms with Crippen LogP contribution in [0.3, 0.4) is 0 Å². The number of aromatic nitrogens is 1. The van der Waals surface area contributed by atoms with Gasteiger partial charge in [-0.05, 0) is 30.3 Å². The zero-order valence-corrected chi connectivity index (χ0v) is 10.5. The summed E-state index contributed by atoms with van der Waals surface area (Å²) in [7, 11) is 0. The summed E-state index contributed by atoms with van der Waals surface area (Å²) in [5.74, 6) is -0.516. The molecule has 2 rings (SSSR count). The van der Waals surface area contributed by atoms with E-state index in [4.69, 9.17) is 16.3 Å². The van der Waals surface area contributed by atoms with E-state index in [1.54, 1.807) is 18.2 Å². The van der Waals surface area contributed by atoms with E-state index in [9.17, 15) is 9.18 Å². The van der Waals surface area contributed by atoms with Gasteiger partial charge in [-0.3, -0.25) is 4.79 Å². The number of nitrogens with one attached hydrogen (secondary N) is 1. The topological polar surface area (TPSA) is 51.2 Å². The van der Waals surface area contributed by atoms with E-state index >= 15 is 0 Å². The van der Waals surface area contributed by atoms with Crippen LogP contribution >= 0.6 is 11.6 Å². The zero-order chi connectivity index (χ0) is 13.7. The molecule has 0 aliphatic rings. The third kappa shape index (κ3) is 3.93. The van der Waals surface area contributed by atoms with Crippen molar-refractivity contribution in [1.82, 2.24) is 4.98 Å². The monoisotopic (exact) mass is 280 g/mol. The van der Waals surface area contributed by atoms with Gasteiger partial charge in [0.25, 0.3) is 5.91 Å². The molecule has 98 valence electrons. The van der Waals surface area contributed by atoms with Crippen LogP contribution in [0.5, 0.6) is 5.75 Å². The SMILES string of the molecule is O=C(COc1cccnc1Cl)Nc1cccc(F)c1. The highest BCUT2D eigenvalue weighted by atomic mass is 35.5. The van der Waals surface area contributed by atoms with Crippen LogP contribution in [0.25, 0.3) is 0 Å². The van der Waals surface area contributed by atoms with Crippen LogP contribution in [0.2, 0.25) is 5.15 Å². The first kappa shape index (κ1) is 13.3. The predicted molar refractivity (Wildman–Crippen MR) is 69.8 cm³/mol.